The van der Waals surface area contributed by atoms with Crippen molar-refractivity contribution in [2.24, 2.45) is 0 Å². The Morgan fingerprint density at radius 2 is 1.29 bits per heavy atom. The van der Waals surface area contributed by atoms with Crippen molar-refractivity contribution in [1.82, 2.24) is 4.90 Å². The molecule has 0 saturated heterocycles. The van der Waals surface area contributed by atoms with Crippen molar-refractivity contribution in [2.45, 2.75) is 39.0 Å². The molecule has 1 unspecified atom stereocenters. The van der Waals surface area contributed by atoms with E-state index in [0.29, 0.717) is 29.9 Å². The third-order valence-corrected chi connectivity index (χ3v) is 5.10. The van der Waals surface area contributed by atoms with Crippen molar-refractivity contribution in [3.63, 3.8) is 0 Å². The molecule has 2 aromatic carbocycles. The Kier molecular flexibility index (Phi) is 7.49. The molecule has 2 rings (SSSR count). The van der Waals surface area contributed by atoms with Gasteiger partial charge in [0, 0.05) is 6.54 Å². The standard InChI is InChI=1S/C22H28F3NO2/c1-4-21(27,17-7-9-19(10-8-17)22(23,24)25)18-11-13-20(14-12-18)28-16-15-26(5-2)6-3/h7-14,27H,4-6,15-16H2,1-3H3. The second-order valence-corrected chi connectivity index (χ2v) is 6.69. The largest absolute Gasteiger partial charge is 0.492 e. The van der Waals surface area contributed by atoms with Gasteiger partial charge in [-0.05, 0) is 54.9 Å². The zero-order valence-electron chi connectivity index (χ0n) is 16.6. The smallest absolute Gasteiger partial charge is 0.416 e. The Hall–Kier alpha value is -2.05. The molecule has 6 heteroatoms. The molecule has 0 radical (unpaired) electrons. The van der Waals surface area contributed by atoms with E-state index in [4.69, 9.17) is 4.74 Å². The van der Waals surface area contributed by atoms with Crippen LogP contribution in [0.4, 0.5) is 13.2 Å². The highest BCUT2D eigenvalue weighted by Gasteiger charge is 2.33. The number of benzene rings is 2. The van der Waals surface area contributed by atoms with Crippen LogP contribution in [0.5, 0.6) is 5.75 Å². The Bertz CT molecular complexity index is 725. The fourth-order valence-corrected chi connectivity index (χ4v) is 3.17. The molecule has 2 aromatic rings. The maximum Gasteiger partial charge on any atom is 0.416 e. The number of rotatable bonds is 9. The highest BCUT2D eigenvalue weighted by molar-refractivity contribution is 5.40. The van der Waals surface area contributed by atoms with Gasteiger partial charge in [0.05, 0.1) is 5.56 Å². The van der Waals surface area contributed by atoms with E-state index in [0.717, 1.165) is 31.8 Å². The van der Waals surface area contributed by atoms with Crippen LogP contribution in [-0.2, 0) is 11.8 Å². The Balaban J connectivity index is 2.13. The fourth-order valence-electron chi connectivity index (χ4n) is 3.17. The van der Waals surface area contributed by atoms with E-state index in [1.165, 1.54) is 12.1 Å². The zero-order valence-corrected chi connectivity index (χ0v) is 16.6. The summed E-state index contributed by atoms with van der Waals surface area (Å²) < 4.78 is 44.1. The summed E-state index contributed by atoms with van der Waals surface area (Å²) in [4.78, 5) is 2.26. The molecule has 0 aliphatic carbocycles. The summed E-state index contributed by atoms with van der Waals surface area (Å²) in [5.41, 5.74) is -1.04. The van der Waals surface area contributed by atoms with Gasteiger partial charge in [-0.25, -0.2) is 0 Å². The molecule has 0 aliphatic heterocycles. The summed E-state index contributed by atoms with van der Waals surface area (Å²) in [6, 6.07) is 11.7. The van der Waals surface area contributed by atoms with Gasteiger partial charge >= 0.3 is 6.18 Å². The van der Waals surface area contributed by atoms with Gasteiger partial charge in [-0.2, -0.15) is 13.2 Å². The van der Waals surface area contributed by atoms with E-state index in [-0.39, 0.29) is 0 Å². The number of aliphatic hydroxyl groups is 1. The molecule has 28 heavy (non-hydrogen) atoms. The first kappa shape index (κ1) is 22.2. The molecule has 0 fully saturated rings. The number of ether oxygens (including phenoxy) is 1. The van der Waals surface area contributed by atoms with Crippen LogP contribution in [0.25, 0.3) is 0 Å². The molecular weight excluding hydrogens is 367 g/mol. The van der Waals surface area contributed by atoms with Gasteiger partial charge in [-0.1, -0.05) is 45.0 Å². The molecular formula is C22H28F3NO2. The minimum atomic E-state index is -4.40. The number of hydrogen-bond donors (Lipinski definition) is 1. The lowest BCUT2D eigenvalue weighted by molar-refractivity contribution is -0.137. The fraction of sp³-hybridized carbons (Fsp3) is 0.455. The maximum absolute atomic E-state index is 12.8. The maximum atomic E-state index is 12.8. The molecule has 0 bridgehead atoms. The van der Waals surface area contributed by atoms with Gasteiger partial charge < -0.3 is 14.7 Å². The van der Waals surface area contributed by atoms with Crippen molar-refractivity contribution in [1.29, 1.82) is 0 Å². The summed E-state index contributed by atoms with van der Waals surface area (Å²) in [6.45, 7) is 9.34. The van der Waals surface area contributed by atoms with Crippen molar-refractivity contribution >= 4 is 0 Å². The molecule has 0 spiro atoms. The third-order valence-electron chi connectivity index (χ3n) is 5.10. The van der Waals surface area contributed by atoms with E-state index >= 15 is 0 Å². The molecule has 3 nitrogen and oxygen atoms in total. The molecule has 0 heterocycles. The van der Waals surface area contributed by atoms with Crippen LogP contribution in [0.15, 0.2) is 48.5 Å². The SMILES string of the molecule is CCN(CC)CCOc1ccc(C(O)(CC)c2ccc(C(F)(F)F)cc2)cc1. The molecule has 1 atom stereocenters. The quantitative estimate of drug-likeness (QED) is 0.643. The van der Waals surface area contributed by atoms with Gasteiger partial charge in [0.15, 0.2) is 0 Å². The monoisotopic (exact) mass is 395 g/mol. The van der Waals surface area contributed by atoms with Gasteiger partial charge in [-0.3, -0.25) is 0 Å². The van der Waals surface area contributed by atoms with Crippen molar-refractivity contribution in [3.8, 4) is 5.75 Å². The molecule has 0 amide bonds. The lowest BCUT2D eigenvalue weighted by Gasteiger charge is -2.28. The van der Waals surface area contributed by atoms with Gasteiger partial charge in [0.25, 0.3) is 0 Å². The topological polar surface area (TPSA) is 32.7 Å². The number of hydrogen-bond acceptors (Lipinski definition) is 3. The summed E-state index contributed by atoms with van der Waals surface area (Å²) in [5.74, 6) is 0.696. The molecule has 0 saturated carbocycles. The van der Waals surface area contributed by atoms with E-state index in [1.54, 1.807) is 31.2 Å². The van der Waals surface area contributed by atoms with Crippen molar-refractivity contribution < 1.29 is 23.0 Å². The lowest BCUT2D eigenvalue weighted by Crippen LogP contribution is -2.28. The summed E-state index contributed by atoms with van der Waals surface area (Å²) in [5, 5.41) is 11.1. The number of likely N-dealkylation sites (N-methyl/N-ethyl adjacent to an activating group) is 1. The van der Waals surface area contributed by atoms with Gasteiger partial charge in [0.2, 0.25) is 0 Å². The number of alkyl halides is 3. The first-order valence-corrected chi connectivity index (χ1v) is 9.60. The van der Waals surface area contributed by atoms with Crippen molar-refractivity contribution in [3.05, 3.63) is 65.2 Å². The van der Waals surface area contributed by atoms with E-state index in [1.807, 2.05) is 0 Å². The second-order valence-electron chi connectivity index (χ2n) is 6.69. The molecule has 154 valence electrons. The third kappa shape index (κ3) is 5.26. The van der Waals surface area contributed by atoms with E-state index in [9.17, 15) is 18.3 Å². The predicted octanol–water partition coefficient (Wildman–Crippen LogP) is 5.07. The summed E-state index contributed by atoms with van der Waals surface area (Å²) in [7, 11) is 0. The first-order valence-electron chi connectivity index (χ1n) is 9.60. The Morgan fingerprint density at radius 1 is 0.821 bits per heavy atom. The Labute approximate surface area is 164 Å². The molecule has 0 aromatic heterocycles. The predicted molar refractivity (Wildman–Crippen MR) is 104 cm³/mol. The average Bonchev–Trinajstić information content (AvgIpc) is 2.70. The van der Waals surface area contributed by atoms with Crippen LogP contribution in [-0.4, -0.2) is 36.2 Å². The van der Waals surface area contributed by atoms with Crippen LogP contribution in [0.1, 0.15) is 43.9 Å². The highest BCUT2D eigenvalue weighted by Crippen LogP contribution is 2.36. The molecule has 1 N–H and O–H groups in total. The summed E-state index contributed by atoms with van der Waals surface area (Å²) in [6.07, 6.45) is -4.06. The number of halogens is 3. The second kappa shape index (κ2) is 9.43. The van der Waals surface area contributed by atoms with Crippen LogP contribution < -0.4 is 4.74 Å². The van der Waals surface area contributed by atoms with Crippen LogP contribution in [0, 0.1) is 0 Å². The van der Waals surface area contributed by atoms with E-state index in [2.05, 4.69) is 18.7 Å². The van der Waals surface area contributed by atoms with Crippen LogP contribution >= 0.6 is 0 Å². The van der Waals surface area contributed by atoms with Crippen LogP contribution in [0.3, 0.4) is 0 Å². The van der Waals surface area contributed by atoms with Gasteiger partial charge in [0.1, 0.15) is 18.0 Å². The lowest BCUT2D eigenvalue weighted by atomic mass is 9.84. The molecule has 0 aliphatic rings. The van der Waals surface area contributed by atoms with E-state index < -0.39 is 17.3 Å². The zero-order chi connectivity index (χ0) is 20.8. The minimum Gasteiger partial charge on any atom is -0.492 e. The van der Waals surface area contributed by atoms with Gasteiger partial charge in [-0.15, -0.1) is 0 Å². The normalized spacial score (nSPS) is 14.1. The van der Waals surface area contributed by atoms with Crippen LogP contribution in [0.2, 0.25) is 0 Å². The summed E-state index contributed by atoms with van der Waals surface area (Å²) >= 11 is 0. The number of nitrogens with zero attached hydrogens (tertiary/aromatic N) is 1. The highest BCUT2D eigenvalue weighted by atomic mass is 19.4. The first-order chi connectivity index (χ1) is 13.2. The minimum absolute atomic E-state index is 0.334. The Morgan fingerprint density at radius 3 is 1.71 bits per heavy atom. The van der Waals surface area contributed by atoms with Crippen molar-refractivity contribution in [2.75, 3.05) is 26.2 Å². The average molecular weight is 395 g/mol.